The minimum Gasteiger partial charge on any atom is -0.444 e. The molecule has 6 heteroatoms. The molecular formula is C25H25N3O3. The maximum absolute atomic E-state index is 12.8. The number of nitrogens with zero attached hydrogens (tertiary/aromatic N) is 2. The largest absolute Gasteiger partial charge is 0.444 e. The van der Waals surface area contributed by atoms with Crippen LogP contribution in [0.1, 0.15) is 35.5 Å². The monoisotopic (exact) mass is 415 g/mol. The zero-order valence-electron chi connectivity index (χ0n) is 17.6. The minimum atomic E-state index is -0.141. The van der Waals surface area contributed by atoms with Gasteiger partial charge in [-0.15, -0.1) is 0 Å². The fraction of sp³-hybridized carbons (Fsp3) is 0.240. The standard InChI is InChI=1S/C25H25N3O3/c1-17-8-9-18(2)28(17)25(30)22-16-31-24(27-22)21-12-10-20(11-13-21)15-26-23(29)14-19-6-4-3-5-7-19/h3-13,16-18H,14-15H2,1-2H3,(H,26,29)/t17-,18+. The molecule has 0 saturated carbocycles. The molecule has 1 N–H and O–H groups in total. The molecule has 2 heterocycles. The first-order valence-electron chi connectivity index (χ1n) is 10.4. The number of benzene rings is 2. The van der Waals surface area contributed by atoms with E-state index >= 15 is 0 Å². The lowest BCUT2D eigenvalue weighted by Gasteiger charge is -2.25. The van der Waals surface area contributed by atoms with Crippen LogP contribution in [0.25, 0.3) is 11.5 Å². The maximum atomic E-state index is 12.8. The average Bonchev–Trinajstić information content (AvgIpc) is 3.40. The van der Waals surface area contributed by atoms with E-state index in [1.165, 1.54) is 6.26 Å². The van der Waals surface area contributed by atoms with Gasteiger partial charge >= 0.3 is 0 Å². The van der Waals surface area contributed by atoms with Crippen molar-refractivity contribution in [3.8, 4) is 11.5 Å². The summed E-state index contributed by atoms with van der Waals surface area (Å²) in [5.41, 5.74) is 3.03. The molecule has 2 aromatic carbocycles. The Bertz CT molecular complexity index is 1070. The van der Waals surface area contributed by atoms with E-state index < -0.39 is 0 Å². The summed E-state index contributed by atoms with van der Waals surface area (Å²) in [5, 5.41) is 2.93. The van der Waals surface area contributed by atoms with Crippen LogP contribution < -0.4 is 5.32 Å². The first-order valence-corrected chi connectivity index (χ1v) is 10.4. The molecule has 1 aliphatic rings. The van der Waals surface area contributed by atoms with Gasteiger partial charge in [-0.05, 0) is 37.1 Å². The number of amides is 2. The Morgan fingerprint density at radius 2 is 1.65 bits per heavy atom. The fourth-order valence-corrected chi connectivity index (χ4v) is 3.69. The molecule has 1 aliphatic heterocycles. The molecule has 3 aromatic rings. The summed E-state index contributed by atoms with van der Waals surface area (Å²) in [6.45, 7) is 4.41. The third kappa shape index (κ3) is 4.74. The highest BCUT2D eigenvalue weighted by molar-refractivity contribution is 5.93. The molecule has 0 saturated heterocycles. The van der Waals surface area contributed by atoms with Crippen molar-refractivity contribution in [3.05, 3.63) is 89.8 Å². The summed E-state index contributed by atoms with van der Waals surface area (Å²) in [5.74, 6) is 0.235. The summed E-state index contributed by atoms with van der Waals surface area (Å²) in [6, 6.07) is 17.3. The first kappa shape index (κ1) is 20.6. The second-order valence-electron chi connectivity index (χ2n) is 7.75. The molecule has 0 spiro atoms. The van der Waals surface area contributed by atoms with Crippen molar-refractivity contribution in [2.45, 2.75) is 38.9 Å². The number of carbonyl (C=O) groups excluding carboxylic acids is 2. The van der Waals surface area contributed by atoms with Gasteiger partial charge < -0.3 is 14.6 Å². The van der Waals surface area contributed by atoms with Crippen molar-refractivity contribution in [3.63, 3.8) is 0 Å². The van der Waals surface area contributed by atoms with Crippen LogP contribution in [0.4, 0.5) is 0 Å². The second-order valence-corrected chi connectivity index (χ2v) is 7.75. The molecule has 6 nitrogen and oxygen atoms in total. The molecule has 0 aliphatic carbocycles. The van der Waals surface area contributed by atoms with Gasteiger partial charge in [0.15, 0.2) is 5.69 Å². The molecule has 2 atom stereocenters. The van der Waals surface area contributed by atoms with E-state index in [9.17, 15) is 9.59 Å². The quantitative estimate of drug-likeness (QED) is 0.618. The molecule has 158 valence electrons. The Balaban J connectivity index is 1.35. The van der Waals surface area contributed by atoms with Gasteiger partial charge in [-0.3, -0.25) is 9.59 Å². The van der Waals surface area contributed by atoms with Gasteiger partial charge in [-0.2, -0.15) is 0 Å². The summed E-state index contributed by atoms with van der Waals surface area (Å²) < 4.78 is 5.56. The number of rotatable bonds is 6. The lowest BCUT2D eigenvalue weighted by atomic mass is 10.1. The Labute approximate surface area is 181 Å². The summed E-state index contributed by atoms with van der Waals surface area (Å²) >= 11 is 0. The summed E-state index contributed by atoms with van der Waals surface area (Å²) in [7, 11) is 0. The van der Waals surface area contributed by atoms with Crippen molar-refractivity contribution >= 4 is 11.8 Å². The smallest absolute Gasteiger partial charge is 0.276 e. The number of nitrogens with one attached hydrogen (secondary N) is 1. The third-order valence-electron chi connectivity index (χ3n) is 5.40. The van der Waals surface area contributed by atoms with Crippen molar-refractivity contribution in [2.75, 3.05) is 0 Å². The first-order chi connectivity index (χ1) is 15.0. The Morgan fingerprint density at radius 3 is 2.32 bits per heavy atom. The van der Waals surface area contributed by atoms with Crippen LogP contribution in [-0.2, 0) is 17.8 Å². The predicted molar refractivity (Wildman–Crippen MR) is 118 cm³/mol. The van der Waals surface area contributed by atoms with E-state index in [0.717, 1.165) is 16.7 Å². The highest BCUT2D eigenvalue weighted by Gasteiger charge is 2.29. The summed E-state index contributed by atoms with van der Waals surface area (Å²) in [4.78, 5) is 31.1. The van der Waals surface area contributed by atoms with E-state index in [-0.39, 0.29) is 23.9 Å². The normalized spacial score (nSPS) is 17.7. The Morgan fingerprint density at radius 1 is 0.968 bits per heavy atom. The number of carbonyl (C=O) groups is 2. The van der Waals surface area contributed by atoms with Gasteiger partial charge in [0.1, 0.15) is 6.26 Å². The molecule has 0 fully saturated rings. The Kier molecular flexibility index (Phi) is 5.98. The fourth-order valence-electron chi connectivity index (χ4n) is 3.69. The third-order valence-corrected chi connectivity index (χ3v) is 5.40. The van der Waals surface area contributed by atoms with Crippen molar-refractivity contribution in [2.24, 2.45) is 0 Å². The van der Waals surface area contributed by atoms with Gasteiger partial charge in [-0.25, -0.2) is 4.98 Å². The SMILES string of the molecule is C[C@@H]1C=C[C@H](C)N1C(=O)c1coc(-c2ccc(CNC(=O)Cc3ccccc3)cc2)n1. The maximum Gasteiger partial charge on any atom is 0.276 e. The van der Waals surface area contributed by atoms with Crippen LogP contribution in [0.5, 0.6) is 0 Å². The molecule has 0 radical (unpaired) electrons. The van der Waals surface area contributed by atoms with Crippen molar-refractivity contribution in [1.82, 2.24) is 15.2 Å². The zero-order valence-corrected chi connectivity index (χ0v) is 17.6. The number of oxazole rings is 1. The molecule has 0 unspecified atom stereocenters. The minimum absolute atomic E-state index is 0.0222. The van der Waals surface area contributed by atoms with Crippen LogP contribution in [0.2, 0.25) is 0 Å². The Hall–Kier alpha value is -3.67. The van der Waals surface area contributed by atoms with Gasteiger partial charge in [0, 0.05) is 24.2 Å². The van der Waals surface area contributed by atoms with Gasteiger partial charge in [0.2, 0.25) is 11.8 Å². The van der Waals surface area contributed by atoms with Gasteiger partial charge in [-0.1, -0.05) is 54.6 Å². The lowest BCUT2D eigenvalue weighted by Crippen LogP contribution is -2.39. The van der Waals surface area contributed by atoms with Crippen LogP contribution in [0.3, 0.4) is 0 Å². The lowest BCUT2D eigenvalue weighted by molar-refractivity contribution is -0.120. The van der Waals surface area contributed by atoms with E-state index in [0.29, 0.717) is 24.6 Å². The summed E-state index contributed by atoms with van der Waals surface area (Å²) in [6.07, 6.45) is 5.80. The predicted octanol–water partition coefficient (Wildman–Crippen LogP) is 3.99. The van der Waals surface area contributed by atoms with Crippen molar-refractivity contribution in [1.29, 1.82) is 0 Å². The second kappa shape index (κ2) is 9.00. The highest BCUT2D eigenvalue weighted by atomic mass is 16.3. The van der Waals surface area contributed by atoms with E-state index in [2.05, 4.69) is 10.3 Å². The van der Waals surface area contributed by atoms with E-state index in [4.69, 9.17) is 4.42 Å². The number of aromatic nitrogens is 1. The molecule has 4 rings (SSSR count). The highest BCUT2D eigenvalue weighted by Crippen LogP contribution is 2.23. The zero-order chi connectivity index (χ0) is 21.8. The average molecular weight is 415 g/mol. The van der Waals surface area contributed by atoms with Crippen LogP contribution in [0.15, 0.2) is 77.4 Å². The van der Waals surface area contributed by atoms with Crippen LogP contribution in [-0.4, -0.2) is 33.8 Å². The van der Waals surface area contributed by atoms with Crippen LogP contribution >= 0.6 is 0 Å². The van der Waals surface area contributed by atoms with Crippen LogP contribution in [0, 0.1) is 0 Å². The van der Waals surface area contributed by atoms with E-state index in [1.807, 2.05) is 80.6 Å². The molecule has 31 heavy (non-hydrogen) atoms. The molecule has 1 aromatic heterocycles. The van der Waals surface area contributed by atoms with Gasteiger partial charge in [0.25, 0.3) is 5.91 Å². The topological polar surface area (TPSA) is 75.4 Å². The molecular weight excluding hydrogens is 390 g/mol. The number of hydrogen-bond donors (Lipinski definition) is 1. The van der Waals surface area contributed by atoms with Gasteiger partial charge in [0.05, 0.1) is 6.42 Å². The van der Waals surface area contributed by atoms with E-state index in [1.54, 1.807) is 4.90 Å². The molecule has 2 amide bonds. The van der Waals surface area contributed by atoms with Crippen molar-refractivity contribution < 1.29 is 14.0 Å². The number of hydrogen-bond acceptors (Lipinski definition) is 4. The molecule has 0 bridgehead atoms.